The van der Waals surface area contributed by atoms with Gasteiger partial charge in [-0.2, -0.15) is 0 Å². The normalized spacial score (nSPS) is 27.1. The van der Waals surface area contributed by atoms with Crippen LogP contribution in [-0.4, -0.2) is 36.5 Å². The predicted octanol–water partition coefficient (Wildman–Crippen LogP) is 3.09. The Kier molecular flexibility index (Phi) is 4.65. The monoisotopic (exact) mass is 278 g/mol. The number of carbonyl (C=O) groups is 1. The highest BCUT2D eigenvalue weighted by Gasteiger charge is 2.37. The molecule has 1 saturated heterocycles. The predicted molar refractivity (Wildman–Crippen MR) is 81.6 cm³/mol. The van der Waals surface area contributed by atoms with Crippen LogP contribution in [-0.2, 0) is 4.79 Å². The molecular weight excluding hydrogens is 248 g/mol. The van der Waals surface area contributed by atoms with E-state index in [1.165, 1.54) is 70.6 Å². The van der Waals surface area contributed by atoms with Crippen LogP contribution in [0.1, 0.15) is 70.6 Å². The van der Waals surface area contributed by atoms with Gasteiger partial charge < -0.3 is 10.2 Å². The molecule has 1 heterocycles. The zero-order chi connectivity index (χ0) is 13.8. The molecule has 0 radical (unpaired) electrons. The lowest BCUT2D eigenvalue weighted by Gasteiger charge is -2.38. The largest absolute Gasteiger partial charge is 0.342 e. The molecule has 3 fully saturated rings. The molecule has 2 aliphatic carbocycles. The molecule has 1 amide bonds. The number of piperidine rings is 1. The molecule has 3 aliphatic rings. The second kappa shape index (κ2) is 6.46. The topological polar surface area (TPSA) is 32.3 Å². The number of nitrogens with one attached hydrogen (secondary N) is 1. The maximum Gasteiger partial charge on any atom is 0.236 e. The molecular formula is C17H30N2O. The fraction of sp³-hybridized carbons (Fsp3) is 0.941. The van der Waals surface area contributed by atoms with Gasteiger partial charge in [0.15, 0.2) is 0 Å². The molecule has 2 saturated carbocycles. The number of carbonyl (C=O) groups excluding carboxylic acids is 1. The van der Waals surface area contributed by atoms with Crippen molar-refractivity contribution in [3.8, 4) is 0 Å². The van der Waals surface area contributed by atoms with Gasteiger partial charge in [0, 0.05) is 19.1 Å². The average molecular weight is 278 g/mol. The Morgan fingerprint density at radius 3 is 2.25 bits per heavy atom. The fourth-order valence-corrected chi connectivity index (χ4v) is 4.55. The van der Waals surface area contributed by atoms with Crippen molar-refractivity contribution in [2.45, 2.75) is 76.7 Å². The number of hydrogen-bond acceptors (Lipinski definition) is 2. The number of rotatable bonds is 3. The Morgan fingerprint density at radius 1 is 0.950 bits per heavy atom. The van der Waals surface area contributed by atoms with E-state index >= 15 is 0 Å². The molecule has 3 rings (SSSR count). The first kappa shape index (κ1) is 14.4. The first-order valence-electron chi connectivity index (χ1n) is 8.79. The van der Waals surface area contributed by atoms with Crippen molar-refractivity contribution in [3.05, 3.63) is 0 Å². The molecule has 1 aliphatic heterocycles. The van der Waals surface area contributed by atoms with Gasteiger partial charge in [0.1, 0.15) is 0 Å². The Labute approximate surface area is 123 Å². The second-order valence-corrected chi connectivity index (χ2v) is 7.30. The van der Waals surface area contributed by atoms with E-state index in [2.05, 4.69) is 10.2 Å². The zero-order valence-electron chi connectivity index (χ0n) is 12.8. The van der Waals surface area contributed by atoms with Crippen LogP contribution in [0.3, 0.4) is 0 Å². The molecule has 0 aromatic heterocycles. The van der Waals surface area contributed by atoms with Gasteiger partial charge in [-0.15, -0.1) is 0 Å². The average Bonchev–Trinajstić information content (AvgIpc) is 2.96. The van der Waals surface area contributed by atoms with Crippen molar-refractivity contribution in [3.63, 3.8) is 0 Å². The highest BCUT2D eigenvalue weighted by atomic mass is 16.2. The van der Waals surface area contributed by atoms with E-state index < -0.39 is 0 Å². The fourth-order valence-electron chi connectivity index (χ4n) is 4.55. The molecule has 3 heteroatoms. The van der Waals surface area contributed by atoms with Gasteiger partial charge in [0.2, 0.25) is 5.91 Å². The third-order valence-electron chi connectivity index (χ3n) is 5.96. The Morgan fingerprint density at radius 2 is 1.60 bits per heavy atom. The summed E-state index contributed by atoms with van der Waals surface area (Å²) in [4.78, 5) is 14.2. The summed E-state index contributed by atoms with van der Waals surface area (Å²) < 4.78 is 0. The van der Waals surface area contributed by atoms with Crippen LogP contribution in [0.5, 0.6) is 0 Å². The smallest absolute Gasteiger partial charge is 0.236 e. The van der Waals surface area contributed by atoms with Crippen molar-refractivity contribution in [1.29, 1.82) is 0 Å². The van der Waals surface area contributed by atoms with Crippen LogP contribution in [0.4, 0.5) is 0 Å². The number of hydrogen-bond donors (Lipinski definition) is 1. The van der Waals surface area contributed by atoms with Crippen molar-refractivity contribution in [2.75, 3.05) is 19.6 Å². The summed E-state index contributed by atoms with van der Waals surface area (Å²) in [5.41, 5.74) is 0.703. The van der Waals surface area contributed by atoms with Gasteiger partial charge in [-0.05, 0) is 63.2 Å². The van der Waals surface area contributed by atoms with Crippen LogP contribution in [0, 0.1) is 5.41 Å². The van der Waals surface area contributed by atoms with Crippen molar-refractivity contribution >= 4 is 5.91 Å². The van der Waals surface area contributed by atoms with E-state index in [4.69, 9.17) is 0 Å². The quantitative estimate of drug-likeness (QED) is 0.860. The van der Waals surface area contributed by atoms with E-state index in [9.17, 15) is 4.79 Å². The van der Waals surface area contributed by atoms with Gasteiger partial charge in [-0.25, -0.2) is 0 Å². The molecule has 20 heavy (non-hydrogen) atoms. The van der Waals surface area contributed by atoms with E-state index in [0.717, 1.165) is 13.1 Å². The molecule has 0 aromatic carbocycles. The third kappa shape index (κ3) is 3.36. The van der Waals surface area contributed by atoms with E-state index in [-0.39, 0.29) is 0 Å². The van der Waals surface area contributed by atoms with E-state index in [1.807, 2.05) is 0 Å². The Balaban J connectivity index is 1.38. The lowest BCUT2D eigenvalue weighted by molar-refractivity contribution is -0.131. The van der Waals surface area contributed by atoms with Crippen LogP contribution >= 0.6 is 0 Å². The number of nitrogens with zero attached hydrogens (tertiary/aromatic N) is 1. The van der Waals surface area contributed by atoms with Crippen LogP contribution in [0.15, 0.2) is 0 Å². The summed E-state index contributed by atoms with van der Waals surface area (Å²) >= 11 is 0. The summed E-state index contributed by atoms with van der Waals surface area (Å²) in [6.45, 7) is 2.53. The summed E-state index contributed by atoms with van der Waals surface area (Å²) in [6.07, 6.45) is 14.9. The maximum absolute atomic E-state index is 12.2. The Bertz CT molecular complexity index is 320. The highest BCUT2D eigenvalue weighted by molar-refractivity contribution is 5.78. The minimum atomic E-state index is 0.325. The van der Waals surface area contributed by atoms with Gasteiger partial charge in [0.05, 0.1) is 6.54 Å². The summed E-state index contributed by atoms with van der Waals surface area (Å²) in [5.74, 6) is 0.325. The lowest BCUT2D eigenvalue weighted by atomic mass is 9.71. The first-order chi connectivity index (χ1) is 9.77. The molecule has 3 nitrogen and oxygen atoms in total. The van der Waals surface area contributed by atoms with Gasteiger partial charge in [0.25, 0.3) is 0 Å². The minimum absolute atomic E-state index is 0.325. The van der Waals surface area contributed by atoms with Gasteiger partial charge in [-0.1, -0.05) is 12.8 Å². The summed E-state index contributed by atoms with van der Waals surface area (Å²) in [5, 5.41) is 3.53. The Hall–Kier alpha value is -0.570. The van der Waals surface area contributed by atoms with Gasteiger partial charge >= 0.3 is 0 Å². The third-order valence-corrected chi connectivity index (χ3v) is 5.96. The van der Waals surface area contributed by atoms with E-state index in [1.54, 1.807) is 0 Å². The van der Waals surface area contributed by atoms with Gasteiger partial charge in [-0.3, -0.25) is 4.79 Å². The van der Waals surface area contributed by atoms with E-state index in [0.29, 0.717) is 23.9 Å². The number of amides is 1. The zero-order valence-corrected chi connectivity index (χ0v) is 12.8. The SMILES string of the molecule is O=C(CNC1CCC2(CCCC2)CC1)N1CCCCC1. The summed E-state index contributed by atoms with van der Waals surface area (Å²) in [7, 11) is 0. The molecule has 1 N–H and O–H groups in total. The standard InChI is InChI=1S/C17H30N2O/c20-16(19-12-4-1-5-13-19)14-18-15-6-10-17(11-7-15)8-2-3-9-17/h15,18H,1-14H2. The van der Waals surface area contributed by atoms with Crippen LogP contribution in [0.25, 0.3) is 0 Å². The second-order valence-electron chi connectivity index (χ2n) is 7.30. The van der Waals surface area contributed by atoms with Crippen molar-refractivity contribution < 1.29 is 4.79 Å². The molecule has 0 atom stereocenters. The molecule has 1 spiro atoms. The molecule has 114 valence electrons. The van der Waals surface area contributed by atoms with Crippen LogP contribution in [0.2, 0.25) is 0 Å². The van der Waals surface area contributed by atoms with Crippen LogP contribution < -0.4 is 5.32 Å². The van der Waals surface area contributed by atoms with Crippen molar-refractivity contribution in [2.24, 2.45) is 5.41 Å². The highest BCUT2D eigenvalue weighted by Crippen LogP contribution is 2.48. The molecule has 0 unspecified atom stereocenters. The maximum atomic E-state index is 12.2. The first-order valence-corrected chi connectivity index (χ1v) is 8.79. The molecule has 0 aromatic rings. The van der Waals surface area contributed by atoms with Crippen molar-refractivity contribution in [1.82, 2.24) is 10.2 Å². The molecule has 0 bridgehead atoms. The lowest BCUT2D eigenvalue weighted by Crippen LogP contribution is -2.45. The minimum Gasteiger partial charge on any atom is -0.342 e. The summed E-state index contributed by atoms with van der Waals surface area (Å²) in [6, 6.07) is 0.593. The number of likely N-dealkylation sites (tertiary alicyclic amines) is 1.